The van der Waals surface area contributed by atoms with Gasteiger partial charge in [-0.15, -0.1) is 0 Å². The van der Waals surface area contributed by atoms with Gasteiger partial charge in [0.05, 0.1) is 12.8 Å². The first-order valence-electron chi connectivity index (χ1n) is 7.16. The Morgan fingerprint density at radius 2 is 2.08 bits per heavy atom. The largest absolute Gasteiger partial charge is 0.495 e. The van der Waals surface area contributed by atoms with Crippen LogP contribution in [0.5, 0.6) is 5.75 Å². The number of anilines is 1. The van der Waals surface area contributed by atoms with Crippen molar-refractivity contribution in [3.63, 3.8) is 0 Å². The lowest BCUT2D eigenvalue weighted by atomic mass is 10.2. The Bertz CT molecular complexity index is 797. The van der Waals surface area contributed by atoms with Gasteiger partial charge in [-0.1, -0.05) is 40.2 Å². The van der Waals surface area contributed by atoms with Crippen LogP contribution >= 0.6 is 15.9 Å². The zero-order chi connectivity index (χ0) is 17.4. The van der Waals surface area contributed by atoms with Crippen molar-refractivity contribution in [3.05, 3.63) is 70.3 Å². The minimum Gasteiger partial charge on any atom is -0.495 e. The zero-order valence-corrected chi connectivity index (χ0v) is 14.6. The van der Waals surface area contributed by atoms with E-state index in [1.54, 1.807) is 24.3 Å². The molecule has 0 aromatic heterocycles. The Labute approximate surface area is 149 Å². The van der Waals surface area contributed by atoms with Crippen LogP contribution < -0.4 is 15.4 Å². The van der Waals surface area contributed by atoms with E-state index in [1.165, 1.54) is 13.3 Å². The standard InChI is InChI=1S/C18H16BrN3O2/c1-24-17-8-3-2-7-16(17)22-18(23)14(10-20)12-21-11-13-5-4-6-15(19)9-13/h2-9,12,21H,11H2,1H3,(H,22,23)/b14-12-. The van der Waals surface area contributed by atoms with Crippen LogP contribution in [-0.2, 0) is 11.3 Å². The van der Waals surface area contributed by atoms with Gasteiger partial charge in [0.1, 0.15) is 17.4 Å². The number of hydrogen-bond donors (Lipinski definition) is 2. The number of nitrogens with zero attached hydrogens (tertiary/aromatic N) is 1. The van der Waals surface area contributed by atoms with Crippen molar-refractivity contribution in [2.75, 3.05) is 12.4 Å². The van der Waals surface area contributed by atoms with E-state index in [9.17, 15) is 10.1 Å². The summed E-state index contributed by atoms with van der Waals surface area (Å²) in [6.45, 7) is 0.507. The number of nitriles is 1. The summed E-state index contributed by atoms with van der Waals surface area (Å²) in [7, 11) is 1.52. The maximum absolute atomic E-state index is 12.2. The summed E-state index contributed by atoms with van der Waals surface area (Å²) in [5.41, 5.74) is 1.53. The first kappa shape index (κ1) is 17.6. The van der Waals surface area contributed by atoms with Gasteiger partial charge in [0, 0.05) is 17.2 Å². The predicted molar refractivity (Wildman–Crippen MR) is 96.3 cm³/mol. The summed E-state index contributed by atoms with van der Waals surface area (Å²) in [4.78, 5) is 12.2. The lowest BCUT2D eigenvalue weighted by Gasteiger charge is -2.09. The van der Waals surface area contributed by atoms with E-state index in [1.807, 2.05) is 30.3 Å². The predicted octanol–water partition coefficient (Wildman–Crippen LogP) is 3.59. The van der Waals surface area contributed by atoms with Gasteiger partial charge >= 0.3 is 0 Å². The van der Waals surface area contributed by atoms with E-state index < -0.39 is 5.91 Å². The number of hydrogen-bond acceptors (Lipinski definition) is 4. The van der Waals surface area contributed by atoms with E-state index in [4.69, 9.17) is 4.74 Å². The SMILES string of the molecule is COc1ccccc1NC(=O)/C(C#N)=C\NCc1cccc(Br)c1. The second kappa shape index (κ2) is 8.75. The highest BCUT2D eigenvalue weighted by molar-refractivity contribution is 9.10. The van der Waals surface area contributed by atoms with Crippen LogP contribution in [0.25, 0.3) is 0 Å². The Hall–Kier alpha value is -2.78. The van der Waals surface area contributed by atoms with Crippen LogP contribution in [0.3, 0.4) is 0 Å². The van der Waals surface area contributed by atoms with E-state index in [2.05, 4.69) is 26.6 Å². The first-order chi connectivity index (χ1) is 11.6. The highest BCUT2D eigenvalue weighted by Gasteiger charge is 2.11. The molecule has 2 aromatic carbocycles. The fourth-order valence-electron chi connectivity index (χ4n) is 2.00. The van der Waals surface area contributed by atoms with Crippen LogP contribution in [-0.4, -0.2) is 13.0 Å². The van der Waals surface area contributed by atoms with Gasteiger partial charge in [-0.05, 0) is 29.8 Å². The zero-order valence-electron chi connectivity index (χ0n) is 13.0. The van der Waals surface area contributed by atoms with E-state index in [0.717, 1.165) is 10.0 Å². The normalized spacial score (nSPS) is 10.6. The van der Waals surface area contributed by atoms with Gasteiger partial charge < -0.3 is 15.4 Å². The lowest BCUT2D eigenvalue weighted by Crippen LogP contribution is -2.17. The average Bonchev–Trinajstić information content (AvgIpc) is 2.59. The number of halogens is 1. The molecule has 0 bridgehead atoms. The fraction of sp³-hybridized carbons (Fsp3) is 0.111. The molecule has 24 heavy (non-hydrogen) atoms. The lowest BCUT2D eigenvalue weighted by molar-refractivity contribution is -0.112. The highest BCUT2D eigenvalue weighted by atomic mass is 79.9. The third-order valence-corrected chi connectivity index (χ3v) is 3.66. The molecule has 0 aliphatic rings. The van der Waals surface area contributed by atoms with Gasteiger partial charge in [0.2, 0.25) is 0 Å². The number of carbonyl (C=O) groups excluding carboxylic acids is 1. The van der Waals surface area contributed by atoms with Crippen LogP contribution in [0.2, 0.25) is 0 Å². The Morgan fingerprint density at radius 1 is 1.29 bits per heavy atom. The monoisotopic (exact) mass is 385 g/mol. The molecule has 0 spiro atoms. The van der Waals surface area contributed by atoms with Gasteiger partial charge in [-0.25, -0.2) is 0 Å². The van der Waals surface area contributed by atoms with Crippen molar-refractivity contribution >= 4 is 27.5 Å². The molecule has 0 aliphatic carbocycles. The number of methoxy groups -OCH3 is 1. The molecular formula is C18H16BrN3O2. The Balaban J connectivity index is 2.02. The topological polar surface area (TPSA) is 74.1 Å². The van der Waals surface area contributed by atoms with Gasteiger partial charge in [0.15, 0.2) is 0 Å². The summed E-state index contributed by atoms with van der Waals surface area (Å²) >= 11 is 3.40. The molecule has 5 nitrogen and oxygen atoms in total. The number of para-hydroxylation sites is 2. The molecule has 122 valence electrons. The Morgan fingerprint density at radius 3 is 2.79 bits per heavy atom. The quantitative estimate of drug-likeness (QED) is 0.588. The van der Waals surface area contributed by atoms with Crippen molar-refractivity contribution in [2.45, 2.75) is 6.54 Å². The van der Waals surface area contributed by atoms with Crippen LogP contribution in [0, 0.1) is 11.3 Å². The molecule has 0 saturated heterocycles. The van der Waals surface area contributed by atoms with Crippen molar-refractivity contribution < 1.29 is 9.53 Å². The summed E-state index contributed by atoms with van der Waals surface area (Å²) in [5.74, 6) is 0.0361. The number of nitrogens with one attached hydrogen (secondary N) is 2. The number of ether oxygens (including phenoxy) is 1. The summed E-state index contributed by atoms with van der Waals surface area (Å²) in [6, 6.07) is 16.7. The molecule has 0 radical (unpaired) electrons. The van der Waals surface area contributed by atoms with E-state index in [-0.39, 0.29) is 5.57 Å². The van der Waals surface area contributed by atoms with E-state index >= 15 is 0 Å². The second-order valence-corrected chi connectivity index (χ2v) is 5.75. The third kappa shape index (κ3) is 4.86. The molecule has 0 heterocycles. The molecule has 2 rings (SSSR count). The fourth-order valence-corrected chi connectivity index (χ4v) is 2.45. The molecule has 6 heteroatoms. The molecule has 0 unspecified atom stereocenters. The number of benzene rings is 2. The molecular weight excluding hydrogens is 370 g/mol. The van der Waals surface area contributed by atoms with Gasteiger partial charge in [-0.2, -0.15) is 5.26 Å². The smallest absolute Gasteiger partial charge is 0.267 e. The molecule has 0 saturated carbocycles. The molecule has 0 aliphatic heterocycles. The van der Waals surface area contributed by atoms with Gasteiger partial charge in [0.25, 0.3) is 5.91 Å². The second-order valence-electron chi connectivity index (χ2n) is 4.84. The maximum atomic E-state index is 12.2. The number of rotatable bonds is 6. The maximum Gasteiger partial charge on any atom is 0.267 e. The van der Waals surface area contributed by atoms with E-state index in [0.29, 0.717) is 18.0 Å². The molecule has 0 fully saturated rings. The molecule has 2 aromatic rings. The highest BCUT2D eigenvalue weighted by Crippen LogP contribution is 2.23. The van der Waals surface area contributed by atoms with Gasteiger partial charge in [-0.3, -0.25) is 4.79 Å². The molecule has 2 N–H and O–H groups in total. The average molecular weight is 386 g/mol. The Kier molecular flexibility index (Phi) is 6.41. The molecule has 1 amide bonds. The summed E-state index contributed by atoms with van der Waals surface area (Å²) in [6.07, 6.45) is 1.41. The van der Waals surface area contributed by atoms with Crippen molar-refractivity contribution in [2.24, 2.45) is 0 Å². The van der Waals surface area contributed by atoms with Crippen LogP contribution in [0.4, 0.5) is 5.69 Å². The van der Waals surface area contributed by atoms with Crippen molar-refractivity contribution in [1.82, 2.24) is 5.32 Å². The van der Waals surface area contributed by atoms with Crippen LogP contribution in [0.1, 0.15) is 5.56 Å². The van der Waals surface area contributed by atoms with Crippen molar-refractivity contribution in [3.8, 4) is 11.8 Å². The molecule has 0 atom stereocenters. The summed E-state index contributed by atoms with van der Waals surface area (Å²) < 4.78 is 6.15. The minimum atomic E-state index is -0.497. The number of amides is 1. The minimum absolute atomic E-state index is 0.0177. The number of carbonyl (C=O) groups is 1. The van der Waals surface area contributed by atoms with Crippen molar-refractivity contribution in [1.29, 1.82) is 5.26 Å². The first-order valence-corrected chi connectivity index (χ1v) is 7.96. The third-order valence-electron chi connectivity index (χ3n) is 3.16. The van der Waals surface area contributed by atoms with Crippen LogP contribution in [0.15, 0.2) is 64.8 Å². The summed E-state index contributed by atoms with van der Waals surface area (Å²) in [5, 5.41) is 14.8.